The number of nitrogens with zero attached hydrogens (tertiary/aromatic N) is 5. The fraction of sp³-hybridized carbons (Fsp3) is 0.524. The summed E-state index contributed by atoms with van der Waals surface area (Å²) < 4.78 is 7.36. The first-order chi connectivity index (χ1) is 13.8. The first-order valence-electron chi connectivity index (χ1n) is 10.3. The molecule has 7 nitrogen and oxygen atoms in total. The third-order valence-electron chi connectivity index (χ3n) is 5.48. The van der Waals surface area contributed by atoms with Gasteiger partial charge < -0.3 is 15.0 Å². The van der Waals surface area contributed by atoms with E-state index in [1.165, 1.54) is 12.0 Å². The fourth-order valence-electron chi connectivity index (χ4n) is 3.94. The molecule has 28 heavy (non-hydrogen) atoms. The molecule has 2 aromatic rings. The van der Waals surface area contributed by atoms with E-state index >= 15 is 0 Å². The van der Waals surface area contributed by atoms with E-state index in [1.54, 1.807) is 6.20 Å². The number of ether oxygens (including phenoxy) is 1. The number of hydrogen-bond donors (Lipinski definition) is 1. The lowest BCUT2D eigenvalue weighted by Crippen LogP contribution is -2.46. The smallest absolute Gasteiger partial charge is 0.194 e. The van der Waals surface area contributed by atoms with Crippen LogP contribution in [-0.4, -0.2) is 77.5 Å². The van der Waals surface area contributed by atoms with Crippen molar-refractivity contribution >= 4 is 5.96 Å². The second kappa shape index (κ2) is 9.21. The zero-order valence-electron chi connectivity index (χ0n) is 16.6. The first kappa shape index (κ1) is 19.0. The molecule has 2 aliphatic heterocycles. The number of hydrogen-bond acceptors (Lipinski definition) is 4. The minimum atomic E-state index is 0.612. The van der Waals surface area contributed by atoms with Crippen molar-refractivity contribution in [2.45, 2.75) is 25.9 Å². The molecule has 1 aromatic heterocycles. The third kappa shape index (κ3) is 4.54. The van der Waals surface area contributed by atoms with Gasteiger partial charge in [0.25, 0.3) is 0 Å². The summed E-state index contributed by atoms with van der Waals surface area (Å²) in [6, 6.07) is 11.0. The van der Waals surface area contributed by atoms with Crippen LogP contribution in [0.4, 0.5) is 0 Å². The van der Waals surface area contributed by atoms with Gasteiger partial charge in [-0.2, -0.15) is 5.10 Å². The lowest BCUT2D eigenvalue weighted by Gasteiger charge is -2.32. The highest BCUT2D eigenvalue weighted by molar-refractivity contribution is 5.80. The van der Waals surface area contributed by atoms with Crippen LogP contribution in [0.15, 0.2) is 47.7 Å². The van der Waals surface area contributed by atoms with Gasteiger partial charge in [-0.15, -0.1) is 0 Å². The largest absolute Gasteiger partial charge is 0.379 e. The van der Waals surface area contributed by atoms with Crippen molar-refractivity contribution in [3.8, 4) is 5.69 Å². The Kier molecular flexibility index (Phi) is 6.24. The number of morpholine rings is 1. The second-order valence-corrected chi connectivity index (χ2v) is 7.32. The molecule has 0 aliphatic carbocycles. The summed E-state index contributed by atoms with van der Waals surface area (Å²) in [4.78, 5) is 9.88. The Hall–Kier alpha value is -2.38. The normalized spacial score (nSPS) is 21.2. The van der Waals surface area contributed by atoms with Crippen molar-refractivity contribution in [1.29, 1.82) is 0 Å². The highest BCUT2D eigenvalue weighted by Crippen LogP contribution is 2.17. The average Bonchev–Trinajstić information content (AvgIpc) is 3.45. The zero-order valence-corrected chi connectivity index (χ0v) is 16.6. The van der Waals surface area contributed by atoms with Crippen LogP contribution in [0.25, 0.3) is 5.69 Å². The molecule has 0 bridgehead atoms. The van der Waals surface area contributed by atoms with Crippen LogP contribution >= 0.6 is 0 Å². The summed E-state index contributed by atoms with van der Waals surface area (Å²) in [5.41, 5.74) is 2.27. The maximum atomic E-state index is 5.49. The van der Waals surface area contributed by atoms with Crippen LogP contribution in [0.2, 0.25) is 0 Å². The van der Waals surface area contributed by atoms with Gasteiger partial charge in [-0.3, -0.25) is 4.90 Å². The van der Waals surface area contributed by atoms with Gasteiger partial charge in [0.1, 0.15) is 0 Å². The molecule has 7 heteroatoms. The average molecular weight is 383 g/mol. The predicted molar refractivity (Wildman–Crippen MR) is 111 cm³/mol. The molecule has 1 unspecified atom stereocenters. The summed E-state index contributed by atoms with van der Waals surface area (Å²) in [7, 11) is 0. The van der Waals surface area contributed by atoms with Crippen LogP contribution in [0, 0.1) is 0 Å². The summed E-state index contributed by atoms with van der Waals surface area (Å²) >= 11 is 0. The Bertz CT molecular complexity index is 752. The van der Waals surface area contributed by atoms with Crippen molar-refractivity contribution in [1.82, 2.24) is 24.9 Å². The standard InChI is InChI=1S/C21H30N6O/c1-2-22-21(26-11-8-20(17-26)25-12-14-28-15-13-25)23-16-18-4-6-19(7-5-18)27-10-3-9-24-27/h3-7,9-10,20H,2,8,11-17H2,1H3,(H,22,23). The third-order valence-corrected chi connectivity index (χ3v) is 5.48. The predicted octanol–water partition coefficient (Wildman–Crippen LogP) is 1.74. The van der Waals surface area contributed by atoms with Crippen LogP contribution < -0.4 is 5.32 Å². The molecule has 0 amide bonds. The molecule has 150 valence electrons. The van der Waals surface area contributed by atoms with Crippen molar-refractivity contribution in [2.75, 3.05) is 45.9 Å². The van der Waals surface area contributed by atoms with E-state index in [1.807, 2.05) is 16.9 Å². The molecule has 0 spiro atoms. The highest BCUT2D eigenvalue weighted by atomic mass is 16.5. The molecule has 2 saturated heterocycles. The first-order valence-corrected chi connectivity index (χ1v) is 10.3. The van der Waals surface area contributed by atoms with E-state index in [-0.39, 0.29) is 0 Å². The maximum Gasteiger partial charge on any atom is 0.194 e. The van der Waals surface area contributed by atoms with Crippen molar-refractivity contribution < 1.29 is 4.74 Å². The molecule has 0 radical (unpaired) electrons. The highest BCUT2D eigenvalue weighted by Gasteiger charge is 2.30. The minimum Gasteiger partial charge on any atom is -0.379 e. The molecule has 2 aliphatic rings. The number of rotatable bonds is 5. The SMILES string of the molecule is CCNC(=NCc1ccc(-n2cccn2)cc1)N1CCC(N2CCOCC2)C1. The van der Waals surface area contributed by atoms with Gasteiger partial charge in [0.15, 0.2) is 5.96 Å². The van der Waals surface area contributed by atoms with Gasteiger partial charge in [0.2, 0.25) is 0 Å². The number of likely N-dealkylation sites (tertiary alicyclic amines) is 1. The minimum absolute atomic E-state index is 0.612. The van der Waals surface area contributed by atoms with E-state index in [0.29, 0.717) is 12.6 Å². The summed E-state index contributed by atoms with van der Waals surface area (Å²) in [5.74, 6) is 1.02. The maximum absolute atomic E-state index is 5.49. The van der Waals surface area contributed by atoms with Crippen LogP contribution in [-0.2, 0) is 11.3 Å². The number of aromatic nitrogens is 2. The molecule has 2 fully saturated rings. The van der Waals surface area contributed by atoms with E-state index in [0.717, 1.165) is 57.6 Å². The number of benzene rings is 1. The Balaban J connectivity index is 1.38. The Labute approximate surface area is 167 Å². The summed E-state index contributed by atoms with van der Waals surface area (Å²) in [5, 5.41) is 7.74. The Morgan fingerprint density at radius 3 is 2.75 bits per heavy atom. The lowest BCUT2D eigenvalue weighted by molar-refractivity contribution is 0.0195. The van der Waals surface area contributed by atoms with Gasteiger partial charge in [0.05, 0.1) is 25.4 Å². The molecule has 1 N–H and O–H groups in total. The zero-order chi connectivity index (χ0) is 19.2. The molecular formula is C21H30N6O. The molecule has 3 heterocycles. The van der Waals surface area contributed by atoms with Gasteiger partial charge in [0, 0.05) is 51.2 Å². The van der Waals surface area contributed by atoms with Gasteiger partial charge in [-0.05, 0) is 37.1 Å². The van der Waals surface area contributed by atoms with Gasteiger partial charge in [-0.25, -0.2) is 9.67 Å². The van der Waals surface area contributed by atoms with Crippen LogP contribution in [0.3, 0.4) is 0 Å². The second-order valence-electron chi connectivity index (χ2n) is 7.32. The van der Waals surface area contributed by atoms with E-state index in [4.69, 9.17) is 9.73 Å². The Morgan fingerprint density at radius 2 is 2.04 bits per heavy atom. The number of nitrogens with one attached hydrogen (secondary N) is 1. The van der Waals surface area contributed by atoms with Gasteiger partial charge >= 0.3 is 0 Å². The van der Waals surface area contributed by atoms with Crippen molar-refractivity contribution in [3.63, 3.8) is 0 Å². The van der Waals surface area contributed by atoms with Crippen molar-refractivity contribution in [2.24, 2.45) is 4.99 Å². The molecule has 1 aromatic carbocycles. The van der Waals surface area contributed by atoms with E-state index in [2.05, 4.69) is 51.4 Å². The quantitative estimate of drug-likeness (QED) is 0.631. The monoisotopic (exact) mass is 382 g/mol. The topological polar surface area (TPSA) is 57.9 Å². The summed E-state index contributed by atoms with van der Waals surface area (Å²) in [6.07, 6.45) is 4.94. The number of aliphatic imine (C=N–C) groups is 1. The van der Waals surface area contributed by atoms with Crippen LogP contribution in [0.5, 0.6) is 0 Å². The fourth-order valence-corrected chi connectivity index (χ4v) is 3.94. The van der Waals surface area contributed by atoms with Crippen molar-refractivity contribution in [3.05, 3.63) is 48.3 Å². The Morgan fingerprint density at radius 1 is 1.21 bits per heavy atom. The summed E-state index contributed by atoms with van der Waals surface area (Å²) in [6.45, 7) is 9.62. The number of guanidine groups is 1. The van der Waals surface area contributed by atoms with E-state index < -0.39 is 0 Å². The lowest BCUT2D eigenvalue weighted by atomic mass is 10.2. The van der Waals surface area contributed by atoms with Crippen LogP contribution in [0.1, 0.15) is 18.9 Å². The molecule has 1 atom stereocenters. The molecular weight excluding hydrogens is 352 g/mol. The molecule has 0 saturated carbocycles. The molecule has 4 rings (SSSR count). The van der Waals surface area contributed by atoms with Gasteiger partial charge in [-0.1, -0.05) is 12.1 Å². The van der Waals surface area contributed by atoms with E-state index in [9.17, 15) is 0 Å².